The highest BCUT2D eigenvalue weighted by atomic mass is 31.1. The summed E-state index contributed by atoms with van der Waals surface area (Å²) >= 11 is 0. The highest BCUT2D eigenvalue weighted by Gasteiger charge is 2.17. The summed E-state index contributed by atoms with van der Waals surface area (Å²) in [5.74, 6) is 3.31. The standard InChI is InChI=1S/C8H11P/c1-2-4-8-6-9-5-7(8)3-1/h1,3,6-7,9H,2,4-5H2. The van der Waals surface area contributed by atoms with E-state index >= 15 is 0 Å². The summed E-state index contributed by atoms with van der Waals surface area (Å²) in [6.45, 7) is 0. The quantitative estimate of drug-likeness (QED) is 0.356. The van der Waals surface area contributed by atoms with E-state index in [9.17, 15) is 0 Å². The molecule has 1 heterocycles. The highest BCUT2D eigenvalue weighted by Crippen LogP contribution is 2.38. The average Bonchev–Trinajstić information content (AvgIpc) is 2.33. The van der Waals surface area contributed by atoms with Gasteiger partial charge >= 0.3 is 0 Å². The molecule has 2 aliphatic rings. The van der Waals surface area contributed by atoms with Crippen molar-refractivity contribution in [3.05, 3.63) is 23.5 Å². The van der Waals surface area contributed by atoms with Crippen LogP contribution in [0.15, 0.2) is 23.5 Å². The van der Waals surface area contributed by atoms with Crippen molar-refractivity contribution >= 4 is 8.58 Å². The SMILES string of the molecule is C1=CC2CPC=C2CC1. The fraction of sp³-hybridized carbons (Fsp3) is 0.500. The van der Waals surface area contributed by atoms with Gasteiger partial charge in [0.25, 0.3) is 0 Å². The molecule has 0 nitrogen and oxygen atoms in total. The Kier molecular flexibility index (Phi) is 1.43. The van der Waals surface area contributed by atoms with Gasteiger partial charge in [0.15, 0.2) is 0 Å². The van der Waals surface area contributed by atoms with Crippen LogP contribution in [-0.2, 0) is 0 Å². The third-order valence-corrected chi connectivity index (χ3v) is 3.32. The maximum atomic E-state index is 2.45. The summed E-state index contributed by atoms with van der Waals surface area (Å²) in [5.41, 5.74) is 1.72. The van der Waals surface area contributed by atoms with Crippen LogP contribution in [0.2, 0.25) is 0 Å². The van der Waals surface area contributed by atoms with Crippen molar-refractivity contribution in [1.29, 1.82) is 0 Å². The van der Waals surface area contributed by atoms with E-state index in [2.05, 4.69) is 18.0 Å². The zero-order valence-corrected chi connectivity index (χ0v) is 6.43. The van der Waals surface area contributed by atoms with Crippen LogP contribution in [-0.4, -0.2) is 6.16 Å². The van der Waals surface area contributed by atoms with E-state index in [4.69, 9.17) is 0 Å². The van der Waals surface area contributed by atoms with Crippen LogP contribution >= 0.6 is 8.58 Å². The minimum absolute atomic E-state index is 0.858. The summed E-state index contributed by atoms with van der Waals surface area (Å²) in [7, 11) is 1.11. The van der Waals surface area contributed by atoms with Gasteiger partial charge in [-0.25, -0.2) is 0 Å². The summed E-state index contributed by atoms with van der Waals surface area (Å²) in [5, 5.41) is 0. The highest BCUT2D eigenvalue weighted by molar-refractivity contribution is 7.42. The molecule has 48 valence electrons. The number of hydrogen-bond acceptors (Lipinski definition) is 0. The third-order valence-electron chi connectivity index (χ3n) is 2.07. The molecule has 0 saturated carbocycles. The predicted octanol–water partition coefficient (Wildman–Crippen LogP) is 2.53. The van der Waals surface area contributed by atoms with Gasteiger partial charge in [-0.1, -0.05) is 32.1 Å². The summed E-state index contributed by atoms with van der Waals surface area (Å²) in [4.78, 5) is 0. The van der Waals surface area contributed by atoms with E-state index in [0.717, 1.165) is 14.5 Å². The monoisotopic (exact) mass is 138 g/mol. The van der Waals surface area contributed by atoms with Crippen molar-refractivity contribution < 1.29 is 0 Å². The fourth-order valence-corrected chi connectivity index (χ4v) is 2.91. The molecule has 0 fully saturated rings. The summed E-state index contributed by atoms with van der Waals surface area (Å²) in [6.07, 6.45) is 8.75. The van der Waals surface area contributed by atoms with Crippen molar-refractivity contribution in [3.8, 4) is 0 Å². The molecule has 0 bridgehead atoms. The van der Waals surface area contributed by atoms with E-state index in [1.54, 1.807) is 5.57 Å². The van der Waals surface area contributed by atoms with E-state index < -0.39 is 0 Å². The van der Waals surface area contributed by atoms with Crippen LogP contribution < -0.4 is 0 Å². The lowest BCUT2D eigenvalue weighted by atomic mass is 9.93. The first kappa shape index (κ1) is 5.68. The Balaban J connectivity index is 2.23. The minimum atomic E-state index is 0.858. The first-order chi connectivity index (χ1) is 4.47. The molecule has 0 amide bonds. The Morgan fingerprint density at radius 3 is 3.44 bits per heavy atom. The molecule has 2 unspecified atom stereocenters. The van der Waals surface area contributed by atoms with Crippen LogP contribution in [0.1, 0.15) is 12.8 Å². The topological polar surface area (TPSA) is 0 Å². The van der Waals surface area contributed by atoms with Crippen molar-refractivity contribution in [1.82, 2.24) is 0 Å². The lowest BCUT2D eigenvalue weighted by molar-refractivity contribution is 0.767. The van der Waals surface area contributed by atoms with Gasteiger partial charge < -0.3 is 0 Å². The van der Waals surface area contributed by atoms with E-state index in [0.29, 0.717) is 0 Å². The molecule has 0 saturated heterocycles. The van der Waals surface area contributed by atoms with Crippen LogP contribution in [0.4, 0.5) is 0 Å². The molecule has 9 heavy (non-hydrogen) atoms. The fourth-order valence-electron chi connectivity index (χ4n) is 1.51. The van der Waals surface area contributed by atoms with Crippen molar-refractivity contribution in [3.63, 3.8) is 0 Å². The van der Waals surface area contributed by atoms with Gasteiger partial charge in [-0.05, 0) is 19.0 Å². The second kappa shape index (κ2) is 2.27. The predicted molar refractivity (Wildman–Crippen MR) is 43.1 cm³/mol. The summed E-state index contributed by atoms with van der Waals surface area (Å²) < 4.78 is 0. The van der Waals surface area contributed by atoms with Crippen LogP contribution in [0.3, 0.4) is 0 Å². The van der Waals surface area contributed by atoms with E-state index in [-0.39, 0.29) is 0 Å². The first-order valence-corrected chi connectivity index (χ1v) is 4.84. The lowest BCUT2D eigenvalue weighted by Gasteiger charge is -2.13. The Labute approximate surface area is 57.8 Å². The second-order valence-corrected chi connectivity index (χ2v) is 3.81. The van der Waals surface area contributed by atoms with Gasteiger partial charge in [0, 0.05) is 5.92 Å². The maximum absolute atomic E-state index is 2.45. The lowest BCUT2D eigenvalue weighted by Crippen LogP contribution is -2.01. The average molecular weight is 138 g/mol. The van der Waals surface area contributed by atoms with Gasteiger partial charge in [-0.15, -0.1) is 0 Å². The molecule has 0 aromatic heterocycles. The van der Waals surface area contributed by atoms with Crippen molar-refractivity contribution in [2.24, 2.45) is 5.92 Å². The van der Waals surface area contributed by atoms with Gasteiger partial charge in [-0.3, -0.25) is 0 Å². The van der Waals surface area contributed by atoms with E-state index in [1.165, 1.54) is 19.0 Å². The largest absolute Gasteiger partial charge is 0.0975 e. The number of hydrogen-bond donors (Lipinski definition) is 0. The van der Waals surface area contributed by atoms with Gasteiger partial charge in [-0.2, -0.15) is 0 Å². The van der Waals surface area contributed by atoms with Gasteiger partial charge in [0.05, 0.1) is 0 Å². The number of allylic oxidation sites excluding steroid dienone is 3. The van der Waals surface area contributed by atoms with Crippen molar-refractivity contribution in [2.45, 2.75) is 12.8 Å². The minimum Gasteiger partial charge on any atom is -0.0975 e. The summed E-state index contributed by atoms with van der Waals surface area (Å²) in [6, 6.07) is 0. The van der Waals surface area contributed by atoms with Gasteiger partial charge in [0.1, 0.15) is 0 Å². The zero-order chi connectivity index (χ0) is 6.10. The molecule has 1 aliphatic carbocycles. The molecule has 2 atom stereocenters. The zero-order valence-electron chi connectivity index (χ0n) is 5.43. The second-order valence-electron chi connectivity index (χ2n) is 2.70. The van der Waals surface area contributed by atoms with Crippen LogP contribution in [0.25, 0.3) is 0 Å². The maximum Gasteiger partial charge on any atom is 0.00200 e. The Hall–Kier alpha value is -0.0900. The van der Waals surface area contributed by atoms with Gasteiger partial charge in [0.2, 0.25) is 0 Å². The Bertz CT molecular complexity index is 167. The molecule has 0 radical (unpaired) electrons. The van der Waals surface area contributed by atoms with E-state index in [1.807, 2.05) is 0 Å². The van der Waals surface area contributed by atoms with Crippen molar-refractivity contribution in [2.75, 3.05) is 6.16 Å². The molecule has 1 heteroatoms. The van der Waals surface area contributed by atoms with Crippen LogP contribution in [0, 0.1) is 5.92 Å². The molecule has 0 aromatic carbocycles. The molecular weight excluding hydrogens is 127 g/mol. The Morgan fingerprint density at radius 2 is 2.56 bits per heavy atom. The smallest absolute Gasteiger partial charge is 0.00200 e. The van der Waals surface area contributed by atoms with Crippen LogP contribution in [0.5, 0.6) is 0 Å². The first-order valence-electron chi connectivity index (χ1n) is 3.56. The third kappa shape index (κ3) is 0.966. The molecular formula is C8H11P. The Morgan fingerprint density at radius 1 is 1.56 bits per heavy atom. The molecule has 0 spiro atoms. The molecule has 0 N–H and O–H groups in total. The normalized spacial score (nSPS) is 34.7. The molecule has 1 aliphatic heterocycles. The molecule has 0 aromatic rings. The molecule has 2 rings (SSSR count). The number of fused-ring (bicyclic) bond motifs is 1. The number of rotatable bonds is 0.